The van der Waals surface area contributed by atoms with Crippen LogP contribution in [0.4, 0.5) is 0 Å². The number of rotatable bonds is 4. The zero-order valence-corrected chi connectivity index (χ0v) is 14.4. The lowest BCUT2D eigenvalue weighted by molar-refractivity contribution is 0.0519. The van der Waals surface area contributed by atoms with Gasteiger partial charge in [0.25, 0.3) is 0 Å². The Morgan fingerprint density at radius 1 is 1.12 bits per heavy atom. The molecule has 24 heavy (non-hydrogen) atoms. The number of aromatic nitrogens is 2. The predicted molar refractivity (Wildman–Crippen MR) is 95.0 cm³/mol. The van der Waals surface area contributed by atoms with Crippen LogP contribution >= 0.6 is 23.2 Å². The van der Waals surface area contributed by atoms with Gasteiger partial charge < -0.3 is 4.74 Å². The van der Waals surface area contributed by atoms with Gasteiger partial charge in [-0.3, -0.25) is 0 Å². The first kappa shape index (κ1) is 16.6. The van der Waals surface area contributed by atoms with Crippen molar-refractivity contribution in [1.82, 2.24) is 9.78 Å². The number of carbonyl (C=O) groups excluding carboxylic acids is 1. The summed E-state index contributed by atoms with van der Waals surface area (Å²) in [5.74, 6) is -0.446. The number of benzene rings is 2. The first-order valence-corrected chi connectivity index (χ1v) is 8.13. The van der Waals surface area contributed by atoms with E-state index in [1.54, 1.807) is 36.0 Å². The normalized spacial score (nSPS) is 10.6. The second-order valence-electron chi connectivity index (χ2n) is 5.01. The molecule has 1 heterocycles. The van der Waals surface area contributed by atoms with Gasteiger partial charge in [0.2, 0.25) is 0 Å². The minimum Gasteiger partial charge on any atom is -0.461 e. The Hall–Kier alpha value is -2.30. The number of hydrogen-bond acceptors (Lipinski definition) is 3. The van der Waals surface area contributed by atoms with Gasteiger partial charge in [0.1, 0.15) is 0 Å². The standard InChI is InChI=1S/C18H14Cl2N2O2/c1-2-24-18(23)16-9-10-22(21-16)17-6-4-3-5-14(17)13-8-7-12(19)11-15(13)20/h3-11H,2H2,1H3. The number of esters is 1. The molecule has 4 nitrogen and oxygen atoms in total. The lowest BCUT2D eigenvalue weighted by atomic mass is 10.0. The summed E-state index contributed by atoms with van der Waals surface area (Å²) in [7, 11) is 0. The second-order valence-corrected chi connectivity index (χ2v) is 5.85. The smallest absolute Gasteiger partial charge is 0.358 e. The SMILES string of the molecule is CCOC(=O)c1ccn(-c2ccccc2-c2ccc(Cl)cc2Cl)n1. The molecular formula is C18H14Cl2N2O2. The minimum atomic E-state index is -0.446. The summed E-state index contributed by atoms with van der Waals surface area (Å²) in [4.78, 5) is 11.8. The maximum absolute atomic E-state index is 11.8. The first-order chi connectivity index (χ1) is 11.6. The number of para-hydroxylation sites is 1. The molecule has 0 radical (unpaired) electrons. The quantitative estimate of drug-likeness (QED) is 0.613. The Balaban J connectivity index is 2.06. The molecule has 0 aliphatic heterocycles. The summed E-state index contributed by atoms with van der Waals surface area (Å²) < 4.78 is 6.61. The van der Waals surface area contributed by atoms with Crippen molar-refractivity contribution in [2.45, 2.75) is 6.92 Å². The second kappa shape index (κ2) is 7.07. The molecule has 0 saturated heterocycles. The molecule has 0 amide bonds. The van der Waals surface area contributed by atoms with Crippen molar-refractivity contribution in [2.24, 2.45) is 0 Å². The molecule has 0 aliphatic carbocycles. The maximum Gasteiger partial charge on any atom is 0.358 e. The van der Waals surface area contributed by atoms with Gasteiger partial charge in [-0.2, -0.15) is 5.10 Å². The zero-order valence-electron chi connectivity index (χ0n) is 12.9. The fourth-order valence-electron chi connectivity index (χ4n) is 2.38. The fraction of sp³-hybridized carbons (Fsp3) is 0.111. The molecule has 1 aromatic heterocycles. The van der Waals surface area contributed by atoms with Crippen LogP contribution in [0.3, 0.4) is 0 Å². The first-order valence-electron chi connectivity index (χ1n) is 7.37. The van der Waals surface area contributed by atoms with Crippen LogP contribution in [0.5, 0.6) is 0 Å². The average molecular weight is 361 g/mol. The molecule has 122 valence electrons. The largest absolute Gasteiger partial charge is 0.461 e. The van der Waals surface area contributed by atoms with Crippen molar-refractivity contribution in [3.63, 3.8) is 0 Å². The number of halogens is 2. The Kier molecular flexibility index (Phi) is 4.88. The third kappa shape index (κ3) is 3.30. The highest BCUT2D eigenvalue weighted by Gasteiger charge is 2.14. The molecule has 6 heteroatoms. The molecule has 2 aromatic carbocycles. The number of nitrogens with zero attached hydrogens (tertiary/aromatic N) is 2. The molecule has 3 aromatic rings. The van der Waals surface area contributed by atoms with Crippen molar-refractivity contribution in [3.8, 4) is 16.8 Å². The maximum atomic E-state index is 11.8. The molecule has 0 spiro atoms. The molecule has 0 fully saturated rings. The average Bonchev–Trinajstić information content (AvgIpc) is 3.05. The minimum absolute atomic E-state index is 0.258. The zero-order chi connectivity index (χ0) is 17.1. The van der Waals surface area contributed by atoms with E-state index in [2.05, 4.69) is 5.10 Å². The van der Waals surface area contributed by atoms with Crippen molar-refractivity contribution >= 4 is 29.2 Å². The molecule has 0 atom stereocenters. The summed E-state index contributed by atoms with van der Waals surface area (Å²) in [6.45, 7) is 2.06. The van der Waals surface area contributed by atoms with E-state index >= 15 is 0 Å². The van der Waals surface area contributed by atoms with E-state index in [1.165, 1.54) is 0 Å². The lowest BCUT2D eigenvalue weighted by Crippen LogP contribution is -2.07. The third-order valence-corrected chi connectivity index (χ3v) is 3.99. The fourth-order valence-corrected chi connectivity index (χ4v) is 2.89. The van der Waals surface area contributed by atoms with E-state index < -0.39 is 5.97 Å². The molecule has 0 aliphatic rings. The highest BCUT2D eigenvalue weighted by Crippen LogP contribution is 2.33. The van der Waals surface area contributed by atoms with Gasteiger partial charge in [-0.05, 0) is 31.2 Å². The highest BCUT2D eigenvalue weighted by atomic mass is 35.5. The summed E-state index contributed by atoms with van der Waals surface area (Å²) in [6.07, 6.45) is 1.72. The van der Waals surface area contributed by atoms with Crippen LogP contribution in [-0.2, 0) is 4.74 Å². The summed E-state index contributed by atoms with van der Waals surface area (Å²) in [6, 6.07) is 14.6. The van der Waals surface area contributed by atoms with Crippen molar-refractivity contribution in [1.29, 1.82) is 0 Å². The van der Waals surface area contributed by atoms with E-state index in [0.29, 0.717) is 16.7 Å². The van der Waals surface area contributed by atoms with Gasteiger partial charge >= 0.3 is 5.97 Å². The Bertz CT molecular complexity index is 890. The van der Waals surface area contributed by atoms with Crippen molar-refractivity contribution in [2.75, 3.05) is 6.61 Å². The van der Waals surface area contributed by atoms with Gasteiger partial charge in [0.05, 0.1) is 12.3 Å². The van der Waals surface area contributed by atoms with Crippen LogP contribution < -0.4 is 0 Å². The highest BCUT2D eigenvalue weighted by molar-refractivity contribution is 6.36. The van der Waals surface area contributed by atoms with E-state index in [1.807, 2.05) is 30.3 Å². The molecule has 0 saturated carbocycles. The van der Waals surface area contributed by atoms with Crippen LogP contribution in [0.15, 0.2) is 54.7 Å². The van der Waals surface area contributed by atoms with Crippen LogP contribution in [0.2, 0.25) is 10.0 Å². The lowest BCUT2D eigenvalue weighted by Gasteiger charge is -2.11. The van der Waals surface area contributed by atoms with Crippen LogP contribution in [0.25, 0.3) is 16.8 Å². The monoisotopic (exact) mass is 360 g/mol. The van der Waals surface area contributed by atoms with Gasteiger partial charge in [-0.25, -0.2) is 9.48 Å². The number of carbonyl (C=O) groups is 1. The molecular weight excluding hydrogens is 347 g/mol. The van der Waals surface area contributed by atoms with E-state index in [4.69, 9.17) is 27.9 Å². The molecule has 0 N–H and O–H groups in total. The van der Waals surface area contributed by atoms with Gasteiger partial charge in [0.15, 0.2) is 5.69 Å². The van der Waals surface area contributed by atoms with Gasteiger partial charge in [0, 0.05) is 27.4 Å². The number of hydrogen-bond donors (Lipinski definition) is 0. The van der Waals surface area contributed by atoms with E-state index in [9.17, 15) is 4.79 Å². The van der Waals surface area contributed by atoms with E-state index in [0.717, 1.165) is 16.8 Å². The van der Waals surface area contributed by atoms with E-state index in [-0.39, 0.29) is 5.69 Å². The Morgan fingerprint density at radius 3 is 2.67 bits per heavy atom. The van der Waals surface area contributed by atoms with Crippen molar-refractivity contribution in [3.05, 3.63) is 70.5 Å². The predicted octanol–water partition coefficient (Wildman–Crippen LogP) is 5.02. The van der Waals surface area contributed by atoms with Gasteiger partial charge in [-0.1, -0.05) is 47.5 Å². The third-order valence-electron chi connectivity index (χ3n) is 3.45. The van der Waals surface area contributed by atoms with Crippen molar-refractivity contribution < 1.29 is 9.53 Å². The molecule has 0 bridgehead atoms. The van der Waals surface area contributed by atoms with Gasteiger partial charge in [-0.15, -0.1) is 0 Å². The Morgan fingerprint density at radius 2 is 1.92 bits per heavy atom. The molecule has 0 unspecified atom stereocenters. The summed E-state index contributed by atoms with van der Waals surface area (Å²) in [5, 5.41) is 5.43. The van der Waals surface area contributed by atoms with Crippen LogP contribution in [-0.4, -0.2) is 22.4 Å². The Labute approximate surface area is 149 Å². The molecule has 3 rings (SSSR count). The summed E-state index contributed by atoms with van der Waals surface area (Å²) in [5.41, 5.74) is 2.79. The topological polar surface area (TPSA) is 44.1 Å². The number of ether oxygens (including phenoxy) is 1. The van der Waals surface area contributed by atoms with Crippen LogP contribution in [0.1, 0.15) is 17.4 Å². The van der Waals surface area contributed by atoms with Crippen LogP contribution in [0, 0.1) is 0 Å². The summed E-state index contributed by atoms with van der Waals surface area (Å²) >= 11 is 12.3.